The van der Waals surface area contributed by atoms with Gasteiger partial charge in [-0.1, -0.05) is 30.3 Å². The predicted molar refractivity (Wildman–Crippen MR) is 138 cm³/mol. The summed E-state index contributed by atoms with van der Waals surface area (Å²) in [5.41, 5.74) is 4.96. The molecule has 9 heteroatoms. The molecule has 9 nitrogen and oxygen atoms in total. The van der Waals surface area contributed by atoms with Gasteiger partial charge in [-0.3, -0.25) is 4.68 Å². The monoisotopic (exact) mass is 478 g/mol. The first-order chi connectivity index (χ1) is 17.7. The minimum Gasteiger partial charge on any atom is -0.383 e. The maximum absolute atomic E-state index is 5.12. The van der Waals surface area contributed by atoms with Crippen LogP contribution in [0.1, 0.15) is 17.1 Å². The topological polar surface area (TPSA) is 104 Å². The van der Waals surface area contributed by atoms with Gasteiger partial charge in [-0.05, 0) is 42.3 Å². The number of methoxy groups -OCH3 is 1. The lowest BCUT2D eigenvalue weighted by Gasteiger charge is -2.08. The van der Waals surface area contributed by atoms with E-state index in [4.69, 9.17) is 4.74 Å². The number of ether oxygens (including phenoxy) is 1. The van der Waals surface area contributed by atoms with Crippen LogP contribution in [0.4, 0.5) is 11.6 Å². The number of hydrogen-bond acceptors (Lipinski definition) is 8. The van der Waals surface area contributed by atoms with Crippen LogP contribution in [0, 0.1) is 6.92 Å². The standard InChI is InChI=1S/C27H26N8O/c1-19-4-3-5-23(31-19)27-29-13-11-25(34-27)32-24-10-12-28-26(33-24)16-20-6-8-21(9-7-20)22-17-30-35(18-22)14-15-36-2/h3-13,17-18H,14-16H2,1-2H3,(H,28,29,32,33,34). The Morgan fingerprint density at radius 1 is 0.861 bits per heavy atom. The van der Waals surface area contributed by atoms with E-state index in [9.17, 15) is 0 Å². The summed E-state index contributed by atoms with van der Waals surface area (Å²) >= 11 is 0. The highest BCUT2D eigenvalue weighted by Gasteiger charge is 2.08. The van der Waals surface area contributed by atoms with Crippen molar-refractivity contribution >= 4 is 11.6 Å². The van der Waals surface area contributed by atoms with Gasteiger partial charge in [0.15, 0.2) is 5.82 Å². The number of hydrogen-bond donors (Lipinski definition) is 1. The fourth-order valence-electron chi connectivity index (χ4n) is 3.72. The zero-order valence-electron chi connectivity index (χ0n) is 20.2. The predicted octanol–water partition coefficient (Wildman–Crippen LogP) is 4.48. The maximum Gasteiger partial charge on any atom is 0.180 e. The van der Waals surface area contributed by atoms with Gasteiger partial charge in [-0.15, -0.1) is 0 Å². The molecular weight excluding hydrogens is 452 g/mol. The fourth-order valence-corrected chi connectivity index (χ4v) is 3.72. The third kappa shape index (κ3) is 5.76. The van der Waals surface area contributed by atoms with Gasteiger partial charge >= 0.3 is 0 Å². The fraction of sp³-hybridized carbons (Fsp3) is 0.185. The van der Waals surface area contributed by atoms with E-state index in [1.165, 1.54) is 0 Å². The molecule has 4 aromatic heterocycles. The van der Waals surface area contributed by atoms with E-state index < -0.39 is 0 Å². The molecule has 1 N–H and O–H groups in total. The van der Waals surface area contributed by atoms with Crippen LogP contribution >= 0.6 is 0 Å². The number of benzene rings is 1. The van der Waals surface area contributed by atoms with Gasteiger partial charge in [0, 0.05) is 43.4 Å². The first-order valence-electron chi connectivity index (χ1n) is 11.6. The first-order valence-corrected chi connectivity index (χ1v) is 11.6. The average molecular weight is 479 g/mol. The van der Waals surface area contributed by atoms with Gasteiger partial charge in [0.25, 0.3) is 0 Å². The molecule has 0 unspecified atom stereocenters. The molecule has 0 saturated heterocycles. The molecule has 0 bridgehead atoms. The molecule has 0 saturated carbocycles. The molecule has 1 aromatic carbocycles. The third-order valence-corrected chi connectivity index (χ3v) is 5.54. The van der Waals surface area contributed by atoms with Crippen molar-refractivity contribution in [2.45, 2.75) is 19.9 Å². The molecule has 0 radical (unpaired) electrons. The van der Waals surface area contributed by atoms with Gasteiger partial charge in [-0.2, -0.15) is 5.10 Å². The Labute approximate surface area is 209 Å². The van der Waals surface area contributed by atoms with Gasteiger partial charge < -0.3 is 10.1 Å². The highest BCUT2D eigenvalue weighted by molar-refractivity contribution is 5.62. The van der Waals surface area contributed by atoms with Crippen LogP contribution in [0.25, 0.3) is 22.6 Å². The van der Waals surface area contributed by atoms with E-state index in [1.54, 1.807) is 25.6 Å². The third-order valence-electron chi connectivity index (χ3n) is 5.54. The number of nitrogens with zero attached hydrogens (tertiary/aromatic N) is 7. The summed E-state index contributed by atoms with van der Waals surface area (Å²) in [6.45, 7) is 3.31. The zero-order valence-corrected chi connectivity index (χ0v) is 20.2. The molecule has 180 valence electrons. The largest absolute Gasteiger partial charge is 0.383 e. The maximum atomic E-state index is 5.12. The van der Waals surface area contributed by atoms with Crippen molar-refractivity contribution in [3.05, 3.63) is 96.5 Å². The number of anilines is 2. The van der Waals surface area contributed by atoms with Crippen molar-refractivity contribution < 1.29 is 4.74 Å². The zero-order chi connectivity index (χ0) is 24.7. The summed E-state index contributed by atoms with van der Waals surface area (Å²) in [6, 6.07) is 17.8. The normalized spacial score (nSPS) is 10.9. The molecule has 0 aliphatic heterocycles. The molecule has 5 aromatic rings. The van der Waals surface area contributed by atoms with Crippen LogP contribution in [-0.4, -0.2) is 48.4 Å². The van der Waals surface area contributed by atoms with Crippen LogP contribution < -0.4 is 5.32 Å². The smallest absolute Gasteiger partial charge is 0.180 e. The molecular formula is C27H26N8O. The second kappa shape index (κ2) is 10.8. The van der Waals surface area contributed by atoms with Crippen molar-refractivity contribution in [3.8, 4) is 22.6 Å². The Balaban J connectivity index is 1.26. The Hall–Kier alpha value is -4.50. The summed E-state index contributed by atoms with van der Waals surface area (Å²) in [5, 5.41) is 7.64. The van der Waals surface area contributed by atoms with E-state index >= 15 is 0 Å². The molecule has 36 heavy (non-hydrogen) atoms. The van der Waals surface area contributed by atoms with Crippen LogP contribution in [0.15, 0.2) is 79.4 Å². The number of aryl methyl sites for hydroxylation is 1. The number of nitrogens with one attached hydrogen (secondary N) is 1. The molecule has 0 atom stereocenters. The molecule has 0 amide bonds. The summed E-state index contributed by atoms with van der Waals surface area (Å²) in [4.78, 5) is 22.6. The van der Waals surface area contributed by atoms with Crippen LogP contribution in [-0.2, 0) is 17.7 Å². The number of aromatic nitrogens is 7. The Morgan fingerprint density at radius 3 is 2.47 bits per heavy atom. The average Bonchev–Trinajstić information content (AvgIpc) is 3.37. The Morgan fingerprint density at radius 2 is 1.67 bits per heavy atom. The van der Waals surface area contributed by atoms with Crippen molar-refractivity contribution in [2.24, 2.45) is 0 Å². The van der Waals surface area contributed by atoms with E-state index in [1.807, 2.05) is 48.3 Å². The Kier molecular flexibility index (Phi) is 7.00. The van der Waals surface area contributed by atoms with E-state index in [2.05, 4.69) is 59.6 Å². The lowest BCUT2D eigenvalue weighted by molar-refractivity contribution is 0.183. The van der Waals surface area contributed by atoms with Crippen LogP contribution in [0.3, 0.4) is 0 Å². The quantitative estimate of drug-likeness (QED) is 0.331. The van der Waals surface area contributed by atoms with Crippen LogP contribution in [0.5, 0.6) is 0 Å². The molecule has 5 rings (SSSR count). The van der Waals surface area contributed by atoms with E-state index in [0.717, 1.165) is 40.4 Å². The molecule has 0 aliphatic carbocycles. The molecule has 0 fully saturated rings. The first kappa shape index (κ1) is 23.3. The van der Waals surface area contributed by atoms with Crippen LogP contribution in [0.2, 0.25) is 0 Å². The van der Waals surface area contributed by atoms with E-state index in [0.29, 0.717) is 30.5 Å². The summed E-state index contributed by atoms with van der Waals surface area (Å²) in [7, 11) is 1.69. The van der Waals surface area contributed by atoms with E-state index in [-0.39, 0.29) is 0 Å². The van der Waals surface area contributed by atoms with Crippen molar-refractivity contribution in [3.63, 3.8) is 0 Å². The highest BCUT2D eigenvalue weighted by atomic mass is 16.5. The van der Waals surface area contributed by atoms with Crippen molar-refractivity contribution in [2.75, 3.05) is 19.0 Å². The van der Waals surface area contributed by atoms with Gasteiger partial charge in [0.05, 0.1) is 19.3 Å². The molecule has 0 spiro atoms. The van der Waals surface area contributed by atoms with Crippen molar-refractivity contribution in [1.82, 2.24) is 34.7 Å². The minimum atomic E-state index is 0.558. The van der Waals surface area contributed by atoms with Gasteiger partial charge in [0.2, 0.25) is 0 Å². The highest BCUT2D eigenvalue weighted by Crippen LogP contribution is 2.21. The van der Waals surface area contributed by atoms with Gasteiger partial charge in [-0.25, -0.2) is 24.9 Å². The molecule has 4 heterocycles. The van der Waals surface area contributed by atoms with Crippen molar-refractivity contribution in [1.29, 1.82) is 0 Å². The SMILES string of the molecule is COCCn1cc(-c2ccc(Cc3nccc(Nc4ccnc(-c5cccc(C)n5)n4)n3)cc2)cn1. The second-order valence-corrected chi connectivity index (χ2v) is 8.27. The summed E-state index contributed by atoms with van der Waals surface area (Å²) in [6.07, 6.45) is 7.97. The lowest BCUT2D eigenvalue weighted by atomic mass is 10.1. The number of pyridine rings is 1. The summed E-state index contributed by atoms with van der Waals surface area (Å²) < 4.78 is 7.00. The lowest BCUT2D eigenvalue weighted by Crippen LogP contribution is -2.03. The summed E-state index contributed by atoms with van der Waals surface area (Å²) in [5.74, 6) is 2.59. The van der Waals surface area contributed by atoms with Gasteiger partial charge in [0.1, 0.15) is 23.2 Å². The Bertz CT molecular complexity index is 1450. The molecule has 0 aliphatic rings. The second-order valence-electron chi connectivity index (χ2n) is 8.27. The number of rotatable bonds is 9. The minimum absolute atomic E-state index is 0.558.